The summed E-state index contributed by atoms with van der Waals surface area (Å²) in [4.78, 5) is 10.8. The van der Waals surface area contributed by atoms with Crippen LogP contribution in [0.2, 0.25) is 0 Å². The first-order valence-corrected chi connectivity index (χ1v) is 4.02. The number of benzene rings is 1. The van der Waals surface area contributed by atoms with E-state index in [0.717, 1.165) is 6.07 Å². The number of nitrogens with one attached hydrogen (secondary N) is 1. The Morgan fingerprint density at radius 2 is 2.36 bits per heavy atom. The molecular weight excluding hydrogens is 187 g/mol. The lowest BCUT2D eigenvalue weighted by Crippen LogP contribution is -2.25. The number of nitrogens with two attached hydrogens (primary N) is 1. The van der Waals surface area contributed by atoms with E-state index in [1.165, 1.54) is 19.2 Å². The highest BCUT2D eigenvalue weighted by atomic mass is 19.1. The molecule has 0 fully saturated rings. The highest BCUT2D eigenvalue weighted by molar-refractivity contribution is 5.77. The van der Waals surface area contributed by atoms with Crippen molar-refractivity contribution in [2.75, 3.05) is 19.4 Å². The van der Waals surface area contributed by atoms with Crippen LogP contribution in [-0.4, -0.2) is 19.6 Å². The molecule has 4 nitrogen and oxygen atoms in total. The van der Waals surface area contributed by atoms with Crippen LogP contribution in [0.3, 0.4) is 0 Å². The van der Waals surface area contributed by atoms with Crippen LogP contribution < -0.4 is 15.8 Å². The number of hydrogen-bond donors (Lipinski definition) is 2. The fourth-order valence-electron chi connectivity index (χ4n) is 0.850. The van der Waals surface area contributed by atoms with Gasteiger partial charge in [-0.3, -0.25) is 4.79 Å². The van der Waals surface area contributed by atoms with Crippen LogP contribution >= 0.6 is 0 Å². The van der Waals surface area contributed by atoms with Crippen molar-refractivity contribution in [3.05, 3.63) is 24.0 Å². The summed E-state index contributed by atoms with van der Waals surface area (Å²) >= 11 is 0. The number of halogens is 1. The zero-order valence-electron chi connectivity index (χ0n) is 7.71. The van der Waals surface area contributed by atoms with Crippen molar-refractivity contribution in [2.24, 2.45) is 0 Å². The van der Waals surface area contributed by atoms with Gasteiger partial charge in [-0.25, -0.2) is 4.39 Å². The molecule has 1 amide bonds. The summed E-state index contributed by atoms with van der Waals surface area (Å²) in [6, 6.07) is 4.02. The molecule has 0 aliphatic carbocycles. The predicted octanol–water partition coefficient (Wildman–Crippen LogP) is 0.533. The van der Waals surface area contributed by atoms with E-state index in [1.807, 2.05) is 0 Å². The second-order valence-corrected chi connectivity index (χ2v) is 2.65. The maximum absolute atomic E-state index is 13.1. The number of ether oxygens (including phenoxy) is 1. The first-order valence-electron chi connectivity index (χ1n) is 4.02. The highest BCUT2D eigenvalue weighted by Crippen LogP contribution is 2.18. The van der Waals surface area contributed by atoms with E-state index in [0.29, 0.717) is 5.69 Å². The van der Waals surface area contributed by atoms with Crippen LogP contribution in [0.25, 0.3) is 0 Å². The molecule has 76 valence electrons. The number of carbonyl (C=O) groups excluding carboxylic acids is 1. The molecule has 0 saturated heterocycles. The quantitative estimate of drug-likeness (QED) is 0.696. The SMILES string of the molecule is CNC(=O)COc1ccc(N)cc1F. The van der Waals surface area contributed by atoms with Crippen LogP contribution in [0.1, 0.15) is 0 Å². The van der Waals surface area contributed by atoms with Crippen molar-refractivity contribution in [1.29, 1.82) is 0 Å². The van der Waals surface area contributed by atoms with Crippen LogP contribution in [0.15, 0.2) is 18.2 Å². The number of nitrogen functional groups attached to an aromatic ring is 1. The topological polar surface area (TPSA) is 64.3 Å². The van der Waals surface area contributed by atoms with E-state index in [4.69, 9.17) is 10.5 Å². The van der Waals surface area contributed by atoms with Gasteiger partial charge in [-0.2, -0.15) is 0 Å². The predicted molar refractivity (Wildman–Crippen MR) is 50.4 cm³/mol. The van der Waals surface area contributed by atoms with Crippen LogP contribution in [0.5, 0.6) is 5.75 Å². The lowest BCUT2D eigenvalue weighted by Gasteiger charge is -2.06. The average molecular weight is 198 g/mol. The second-order valence-electron chi connectivity index (χ2n) is 2.65. The molecule has 0 radical (unpaired) electrons. The Kier molecular flexibility index (Phi) is 3.28. The fourth-order valence-corrected chi connectivity index (χ4v) is 0.850. The maximum atomic E-state index is 13.1. The number of amides is 1. The minimum Gasteiger partial charge on any atom is -0.481 e. The number of likely N-dealkylation sites (N-methyl/N-ethyl adjacent to an activating group) is 1. The summed E-state index contributed by atoms with van der Waals surface area (Å²) < 4.78 is 18.0. The maximum Gasteiger partial charge on any atom is 0.257 e. The molecule has 14 heavy (non-hydrogen) atoms. The molecule has 0 saturated carbocycles. The van der Waals surface area contributed by atoms with E-state index in [1.54, 1.807) is 0 Å². The summed E-state index contributed by atoms with van der Waals surface area (Å²) in [5.74, 6) is -0.877. The number of carbonyl (C=O) groups is 1. The van der Waals surface area contributed by atoms with Gasteiger partial charge in [0.25, 0.3) is 5.91 Å². The van der Waals surface area contributed by atoms with Gasteiger partial charge in [0.15, 0.2) is 18.2 Å². The normalized spacial score (nSPS) is 9.57. The number of hydrogen-bond acceptors (Lipinski definition) is 3. The van der Waals surface area contributed by atoms with E-state index in [2.05, 4.69) is 5.32 Å². The lowest BCUT2D eigenvalue weighted by atomic mass is 10.3. The Labute approximate surface area is 80.9 Å². The van der Waals surface area contributed by atoms with Gasteiger partial charge in [-0.15, -0.1) is 0 Å². The number of rotatable bonds is 3. The molecule has 1 aromatic carbocycles. The van der Waals surface area contributed by atoms with Gasteiger partial charge in [0.1, 0.15) is 0 Å². The van der Waals surface area contributed by atoms with Crippen molar-refractivity contribution in [1.82, 2.24) is 5.32 Å². The van der Waals surface area contributed by atoms with Gasteiger partial charge >= 0.3 is 0 Å². The smallest absolute Gasteiger partial charge is 0.257 e. The van der Waals surface area contributed by atoms with Crippen molar-refractivity contribution in [3.8, 4) is 5.75 Å². The van der Waals surface area contributed by atoms with Crippen molar-refractivity contribution < 1.29 is 13.9 Å². The fraction of sp³-hybridized carbons (Fsp3) is 0.222. The molecule has 3 N–H and O–H groups in total. The van der Waals surface area contributed by atoms with E-state index < -0.39 is 5.82 Å². The van der Waals surface area contributed by atoms with Crippen molar-refractivity contribution in [3.63, 3.8) is 0 Å². The van der Waals surface area contributed by atoms with Crippen molar-refractivity contribution in [2.45, 2.75) is 0 Å². The lowest BCUT2D eigenvalue weighted by molar-refractivity contribution is -0.122. The molecule has 0 spiro atoms. The number of anilines is 1. The van der Waals surface area contributed by atoms with E-state index >= 15 is 0 Å². The van der Waals surface area contributed by atoms with E-state index in [9.17, 15) is 9.18 Å². The zero-order chi connectivity index (χ0) is 10.6. The van der Waals surface area contributed by atoms with Crippen LogP contribution in [-0.2, 0) is 4.79 Å². The van der Waals surface area contributed by atoms with Crippen molar-refractivity contribution >= 4 is 11.6 Å². The van der Waals surface area contributed by atoms with Gasteiger partial charge in [0.05, 0.1) is 0 Å². The minimum atomic E-state index is -0.575. The standard InChI is InChI=1S/C9H11FN2O2/c1-12-9(13)5-14-8-3-2-6(11)4-7(8)10/h2-4H,5,11H2,1H3,(H,12,13). The molecule has 5 heteroatoms. The molecule has 1 rings (SSSR count). The minimum absolute atomic E-state index is 0.0165. The molecular formula is C9H11FN2O2. The second kappa shape index (κ2) is 4.45. The third-order valence-electron chi connectivity index (χ3n) is 1.59. The molecule has 0 bridgehead atoms. The summed E-state index contributed by atoms with van der Waals surface area (Å²) in [6.45, 7) is -0.211. The highest BCUT2D eigenvalue weighted by Gasteiger charge is 2.05. The third kappa shape index (κ3) is 2.62. The Morgan fingerprint density at radius 1 is 1.64 bits per heavy atom. The van der Waals surface area contributed by atoms with Gasteiger partial charge in [0, 0.05) is 18.8 Å². The largest absolute Gasteiger partial charge is 0.481 e. The van der Waals surface area contributed by atoms with Gasteiger partial charge in [0.2, 0.25) is 0 Å². The molecule has 1 aromatic rings. The van der Waals surface area contributed by atoms with Gasteiger partial charge < -0.3 is 15.8 Å². The Morgan fingerprint density at radius 3 is 2.93 bits per heavy atom. The van der Waals surface area contributed by atoms with Gasteiger partial charge in [-0.05, 0) is 12.1 Å². The zero-order valence-corrected chi connectivity index (χ0v) is 7.71. The first-order chi connectivity index (χ1) is 6.63. The molecule has 0 aliphatic rings. The molecule has 0 heterocycles. The van der Waals surface area contributed by atoms with Crippen LogP contribution in [0.4, 0.5) is 10.1 Å². The average Bonchev–Trinajstić information content (AvgIpc) is 2.16. The summed E-state index contributed by atoms with van der Waals surface area (Å²) in [6.07, 6.45) is 0. The summed E-state index contributed by atoms with van der Waals surface area (Å²) in [5.41, 5.74) is 5.65. The third-order valence-corrected chi connectivity index (χ3v) is 1.59. The molecule has 0 unspecified atom stereocenters. The Bertz CT molecular complexity index is 342. The molecule has 0 aliphatic heterocycles. The molecule has 0 atom stereocenters. The first kappa shape index (κ1) is 10.3. The summed E-state index contributed by atoms with van der Waals surface area (Å²) in [7, 11) is 1.48. The van der Waals surface area contributed by atoms with Crippen LogP contribution in [0, 0.1) is 5.82 Å². The molecule has 0 aromatic heterocycles. The van der Waals surface area contributed by atoms with Gasteiger partial charge in [-0.1, -0.05) is 0 Å². The van der Waals surface area contributed by atoms with E-state index in [-0.39, 0.29) is 18.3 Å². The monoisotopic (exact) mass is 198 g/mol. The Balaban J connectivity index is 2.63. The Hall–Kier alpha value is -1.78. The summed E-state index contributed by atoms with van der Waals surface area (Å²) in [5, 5.41) is 2.35.